The van der Waals surface area contributed by atoms with Gasteiger partial charge >= 0.3 is 0 Å². The Hall–Kier alpha value is -1.14. The van der Waals surface area contributed by atoms with Crippen LogP contribution in [0.1, 0.15) is 0 Å². The van der Waals surface area contributed by atoms with E-state index in [0.717, 1.165) is 19.7 Å². The van der Waals surface area contributed by atoms with Crippen LogP contribution >= 0.6 is 33.9 Å². The molecule has 3 rings (SSSR count). The van der Waals surface area contributed by atoms with Crippen molar-refractivity contribution in [2.24, 2.45) is 0 Å². The largest absolute Gasteiger partial charge is 0.507 e. The number of aromatic nitrogens is 1. The van der Waals surface area contributed by atoms with E-state index in [1.807, 2.05) is 30.3 Å². The summed E-state index contributed by atoms with van der Waals surface area (Å²) in [6.07, 6.45) is 0. The molecule has 2 aromatic carbocycles. The molecule has 0 saturated carbocycles. The number of phenolic OH excluding ortho intramolecular Hbond substituents is 1. The van der Waals surface area contributed by atoms with Gasteiger partial charge in [0.05, 0.1) is 13.8 Å². The first-order valence-corrected chi connectivity index (χ1v) is 6.98. The fraction of sp³-hybridized carbons (Fsp3) is 0. The molecule has 0 atom stereocenters. The minimum absolute atomic E-state index is 0.315. The van der Waals surface area contributed by atoms with E-state index in [1.54, 1.807) is 17.4 Å². The predicted molar refractivity (Wildman–Crippen MR) is 79.4 cm³/mol. The van der Waals surface area contributed by atoms with Gasteiger partial charge in [0, 0.05) is 5.56 Å². The van der Waals surface area contributed by atoms with Gasteiger partial charge in [-0.05, 0) is 52.9 Å². The van der Waals surface area contributed by atoms with E-state index in [0.29, 0.717) is 5.75 Å². The topological polar surface area (TPSA) is 33.1 Å². The van der Waals surface area contributed by atoms with Gasteiger partial charge in [0.25, 0.3) is 0 Å². The smallest absolute Gasteiger partial charge is 0.128 e. The van der Waals surface area contributed by atoms with Crippen molar-refractivity contribution in [3.8, 4) is 16.3 Å². The standard InChI is InChI=1S/C13H8INOS/c14-9-7-8(5-6-11(9)16)13-15-10-3-1-2-4-12(10)17-13/h1-7,16H/i14-4. The average molecular weight is 349 g/mol. The lowest BCUT2D eigenvalue weighted by Crippen LogP contribution is -1.78. The van der Waals surface area contributed by atoms with Crippen LogP contribution in [0.4, 0.5) is 0 Å². The van der Waals surface area contributed by atoms with Crippen molar-refractivity contribution in [2.45, 2.75) is 0 Å². The second-order valence-electron chi connectivity index (χ2n) is 3.65. The third-order valence-electron chi connectivity index (χ3n) is 2.49. The van der Waals surface area contributed by atoms with E-state index in [-0.39, 0.29) is 0 Å². The van der Waals surface area contributed by atoms with E-state index in [1.165, 1.54) is 4.70 Å². The second-order valence-corrected chi connectivity index (χ2v) is 5.85. The van der Waals surface area contributed by atoms with Gasteiger partial charge in [0.15, 0.2) is 0 Å². The normalized spacial score (nSPS) is 10.9. The number of aromatic hydroxyl groups is 1. The maximum absolute atomic E-state index is 9.51. The first-order valence-electron chi connectivity index (χ1n) is 5.08. The molecule has 0 aliphatic rings. The Bertz CT molecular complexity index is 660. The summed E-state index contributed by atoms with van der Waals surface area (Å²) in [4.78, 5) is 4.59. The zero-order valence-corrected chi connectivity index (χ0v) is 11.7. The van der Waals surface area contributed by atoms with Crippen LogP contribution in [0.2, 0.25) is 0 Å². The molecule has 0 unspecified atom stereocenters. The summed E-state index contributed by atoms with van der Waals surface area (Å²) >= 11 is 3.79. The third kappa shape index (κ3) is 2.02. The monoisotopic (exact) mass is 349 g/mol. The van der Waals surface area contributed by atoms with Gasteiger partial charge in [-0.2, -0.15) is 0 Å². The van der Waals surface area contributed by atoms with Crippen molar-refractivity contribution >= 4 is 44.1 Å². The van der Waals surface area contributed by atoms with Crippen molar-refractivity contribution in [2.75, 3.05) is 0 Å². The number of nitrogens with zero attached hydrogens (tertiary/aromatic N) is 1. The van der Waals surface area contributed by atoms with Crippen molar-refractivity contribution in [3.63, 3.8) is 0 Å². The highest BCUT2D eigenvalue weighted by atomic mass is 123. The number of benzene rings is 2. The predicted octanol–water partition coefficient (Wildman–Crippen LogP) is 4.27. The molecule has 2 nitrogen and oxygen atoms in total. The Morgan fingerprint density at radius 3 is 2.71 bits per heavy atom. The number of halogens is 1. The fourth-order valence-corrected chi connectivity index (χ4v) is 3.11. The number of para-hydroxylation sites is 1. The van der Waals surface area contributed by atoms with Gasteiger partial charge in [-0.3, -0.25) is 0 Å². The zero-order valence-electron chi connectivity index (χ0n) is 8.72. The molecule has 0 radical (unpaired) electrons. The van der Waals surface area contributed by atoms with Crippen LogP contribution in [-0.4, -0.2) is 10.1 Å². The Kier molecular flexibility index (Phi) is 2.76. The summed E-state index contributed by atoms with van der Waals surface area (Å²) in [5, 5.41) is 10.5. The minimum atomic E-state index is 0.315. The molecule has 1 heterocycles. The van der Waals surface area contributed by atoms with Crippen LogP contribution in [0.25, 0.3) is 20.8 Å². The van der Waals surface area contributed by atoms with E-state index < -0.39 is 0 Å². The number of rotatable bonds is 1. The summed E-state index contributed by atoms with van der Waals surface area (Å²) in [6, 6.07) is 13.7. The van der Waals surface area contributed by atoms with E-state index in [4.69, 9.17) is 0 Å². The zero-order chi connectivity index (χ0) is 11.8. The number of thiazole rings is 1. The molecule has 3 aromatic rings. The summed E-state index contributed by atoms with van der Waals surface area (Å²) < 4.78 is 2.03. The summed E-state index contributed by atoms with van der Waals surface area (Å²) in [5.74, 6) is 0.315. The van der Waals surface area contributed by atoms with Crippen molar-refractivity contribution in [3.05, 3.63) is 46.0 Å². The SMILES string of the molecule is Oc1ccc(-c2nc3ccccc3s2)cc1[123I]. The number of hydrogen-bond donors (Lipinski definition) is 1. The third-order valence-corrected chi connectivity index (χ3v) is 4.44. The number of hydrogen-bond acceptors (Lipinski definition) is 3. The molecule has 0 aliphatic carbocycles. The van der Waals surface area contributed by atoms with Crippen LogP contribution in [0.15, 0.2) is 42.5 Å². The van der Waals surface area contributed by atoms with Crippen LogP contribution in [-0.2, 0) is 0 Å². The highest BCUT2D eigenvalue weighted by Crippen LogP contribution is 2.32. The first-order chi connectivity index (χ1) is 8.24. The highest BCUT2D eigenvalue weighted by Gasteiger charge is 2.07. The van der Waals surface area contributed by atoms with Gasteiger partial charge in [0.1, 0.15) is 10.8 Å². The molecular weight excluding hydrogens is 341 g/mol. The molecule has 84 valence electrons. The highest BCUT2D eigenvalue weighted by molar-refractivity contribution is 14.1. The van der Waals surface area contributed by atoms with Crippen molar-refractivity contribution in [1.82, 2.24) is 4.98 Å². The molecule has 17 heavy (non-hydrogen) atoms. The molecule has 0 aliphatic heterocycles. The number of fused-ring (bicyclic) bond motifs is 1. The summed E-state index contributed by atoms with van der Waals surface area (Å²) in [6.45, 7) is 0. The van der Waals surface area contributed by atoms with E-state index >= 15 is 0 Å². The maximum Gasteiger partial charge on any atom is 0.128 e. The molecular formula is C13H8INOS. The minimum Gasteiger partial charge on any atom is -0.507 e. The maximum atomic E-state index is 9.51. The lowest BCUT2D eigenvalue weighted by atomic mass is 10.2. The molecule has 0 fully saturated rings. The van der Waals surface area contributed by atoms with Crippen molar-refractivity contribution in [1.29, 1.82) is 0 Å². The van der Waals surface area contributed by atoms with Crippen molar-refractivity contribution < 1.29 is 5.11 Å². The van der Waals surface area contributed by atoms with Gasteiger partial charge in [-0.15, -0.1) is 11.3 Å². The second kappa shape index (κ2) is 4.27. The molecule has 1 aromatic heterocycles. The Balaban J connectivity index is 2.17. The molecule has 4 heteroatoms. The molecule has 1 N–H and O–H groups in total. The van der Waals surface area contributed by atoms with Crippen LogP contribution in [0.5, 0.6) is 5.75 Å². The molecule has 0 saturated heterocycles. The Morgan fingerprint density at radius 1 is 1.12 bits per heavy atom. The van der Waals surface area contributed by atoms with E-state index in [9.17, 15) is 5.11 Å². The average Bonchev–Trinajstić information content (AvgIpc) is 2.76. The fourth-order valence-electron chi connectivity index (χ4n) is 1.64. The Morgan fingerprint density at radius 2 is 1.94 bits per heavy atom. The summed E-state index contributed by atoms with van der Waals surface area (Å²) in [5.41, 5.74) is 2.07. The van der Waals surface area contributed by atoms with Gasteiger partial charge in [0.2, 0.25) is 0 Å². The van der Waals surface area contributed by atoms with Crippen LogP contribution < -0.4 is 0 Å². The van der Waals surface area contributed by atoms with Gasteiger partial charge < -0.3 is 5.11 Å². The quantitative estimate of drug-likeness (QED) is 0.666. The molecule has 0 spiro atoms. The van der Waals surface area contributed by atoms with Gasteiger partial charge in [-0.25, -0.2) is 4.98 Å². The number of phenols is 1. The Labute approximate surface area is 116 Å². The molecule has 0 amide bonds. The lowest BCUT2D eigenvalue weighted by Gasteiger charge is -1.99. The van der Waals surface area contributed by atoms with E-state index in [2.05, 4.69) is 33.6 Å². The van der Waals surface area contributed by atoms with Gasteiger partial charge in [-0.1, -0.05) is 12.1 Å². The molecule has 0 bridgehead atoms. The summed E-state index contributed by atoms with van der Waals surface area (Å²) in [7, 11) is 0. The first kappa shape index (κ1) is 11.0. The lowest BCUT2D eigenvalue weighted by molar-refractivity contribution is 0.471. The van der Waals surface area contributed by atoms with Crippen LogP contribution in [0.3, 0.4) is 0 Å². The van der Waals surface area contributed by atoms with Crippen LogP contribution in [0, 0.1) is 3.57 Å².